The number of imidazole rings is 1. The molecular weight excluding hydrogens is 230 g/mol. The Morgan fingerprint density at radius 2 is 2.50 bits per heavy atom. The summed E-state index contributed by atoms with van der Waals surface area (Å²) in [5.41, 5.74) is 2.07. The number of rotatable bonds is 3. The SMILES string of the molecule is C=CC(=O)Oc1cccn2c(CC#N)c(C)nc12. The monoisotopic (exact) mass is 241 g/mol. The van der Waals surface area contributed by atoms with Crippen LogP contribution < -0.4 is 4.74 Å². The van der Waals surface area contributed by atoms with E-state index in [-0.39, 0.29) is 6.42 Å². The highest BCUT2D eigenvalue weighted by atomic mass is 16.5. The molecule has 0 spiro atoms. The normalized spacial score (nSPS) is 10.0. The maximum Gasteiger partial charge on any atom is 0.335 e. The molecule has 2 aromatic rings. The van der Waals surface area contributed by atoms with Gasteiger partial charge in [0.1, 0.15) is 0 Å². The van der Waals surface area contributed by atoms with Gasteiger partial charge in [0, 0.05) is 12.3 Å². The van der Waals surface area contributed by atoms with Crippen molar-refractivity contribution in [1.29, 1.82) is 5.26 Å². The summed E-state index contributed by atoms with van der Waals surface area (Å²) in [5, 5.41) is 8.79. The number of aryl methyl sites for hydroxylation is 1. The lowest BCUT2D eigenvalue weighted by atomic mass is 10.3. The van der Waals surface area contributed by atoms with Crippen molar-refractivity contribution in [1.82, 2.24) is 9.38 Å². The van der Waals surface area contributed by atoms with Gasteiger partial charge in [-0.15, -0.1) is 0 Å². The third kappa shape index (κ3) is 1.96. The predicted molar refractivity (Wildman–Crippen MR) is 65.1 cm³/mol. The lowest BCUT2D eigenvalue weighted by molar-refractivity contribution is -0.128. The number of nitrogens with zero attached hydrogens (tertiary/aromatic N) is 3. The summed E-state index contributed by atoms with van der Waals surface area (Å²) in [5.74, 6) is -0.180. The Balaban J connectivity index is 2.57. The van der Waals surface area contributed by atoms with Gasteiger partial charge >= 0.3 is 5.97 Å². The summed E-state index contributed by atoms with van der Waals surface area (Å²) in [6, 6.07) is 5.48. The minimum Gasteiger partial charge on any atom is -0.419 e. The fourth-order valence-corrected chi connectivity index (χ4v) is 1.72. The van der Waals surface area contributed by atoms with Gasteiger partial charge in [-0.2, -0.15) is 5.26 Å². The van der Waals surface area contributed by atoms with Crippen molar-refractivity contribution in [2.45, 2.75) is 13.3 Å². The van der Waals surface area contributed by atoms with Crippen LogP contribution in [-0.4, -0.2) is 15.4 Å². The van der Waals surface area contributed by atoms with Crippen molar-refractivity contribution in [2.75, 3.05) is 0 Å². The molecular formula is C13H11N3O2. The average Bonchev–Trinajstić information content (AvgIpc) is 2.68. The summed E-state index contributed by atoms with van der Waals surface area (Å²) in [4.78, 5) is 15.5. The first-order chi connectivity index (χ1) is 8.67. The summed E-state index contributed by atoms with van der Waals surface area (Å²) < 4.78 is 6.85. The average molecular weight is 241 g/mol. The van der Waals surface area contributed by atoms with Crippen LogP contribution in [0.25, 0.3) is 5.65 Å². The molecule has 18 heavy (non-hydrogen) atoms. The number of hydrogen-bond acceptors (Lipinski definition) is 4. The van der Waals surface area contributed by atoms with Crippen LogP contribution in [0.2, 0.25) is 0 Å². The zero-order valence-corrected chi connectivity index (χ0v) is 9.88. The molecule has 0 saturated heterocycles. The van der Waals surface area contributed by atoms with Crippen molar-refractivity contribution in [2.24, 2.45) is 0 Å². The van der Waals surface area contributed by atoms with Crippen LogP contribution in [-0.2, 0) is 11.2 Å². The summed E-state index contributed by atoms with van der Waals surface area (Å²) >= 11 is 0. The van der Waals surface area contributed by atoms with Gasteiger partial charge in [-0.3, -0.25) is 4.40 Å². The van der Waals surface area contributed by atoms with Crippen LogP contribution in [0.3, 0.4) is 0 Å². The Morgan fingerprint density at radius 3 is 3.17 bits per heavy atom. The van der Waals surface area contributed by atoms with Gasteiger partial charge in [-0.25, -0.2) is 9.78 Å². The molecule has 0 aliphatic heterocycles. The molecule has 0 radical (unpaired) electrons. The smallest absolute Gasteiger partial charge is 0.335 e. The zero-order chi connectivity index (χ0) is 13.1. The van der Waals surface area contributed by atoms with E-state index in [9.17, 15) is 4.79 Å². The number of hydrogen-bond donors (Lipinski definition) is 0. The number of carbonyl (C=O) groups excluding carboxylic acids is 1. The minimum atomic E-state index is -0.536. The first kappa shape index (κ1) is 11.9. The van der Waals surface area contributed by atoms with Crippen molar-refractivity contribution in [3.05, 3.63) is 42.4 Å². The molecule has 0 aromatic carbocycles. The molecule has 0 N–H and O–H groups in total. The molecule has 5 heteroatoms. The summed E-state index contributed by atoms with van der Waals surface area (Å²) in [6.07, 6.45) is 3.13. The molecule has 0 aliphatic carbocycles. The molecule has 0 atom stereocenters. The van der Waals surface area contributed by atoms with Gasteiger partial charge in [0.15, 0.2) is 11.4 Å². The van der Waals surface area contributed by atoms with Crippen LogP contribution in [0.15, 0.2) is 31.0 Å². The van der Waals surface area contributed by atoms with Crippen molar-refractivity contribution >= 4 is 11.6 Å². The maximum absolute atomic E-state index is 11.2. The molecule has 90 valence electrons. The third-order valence-corrected chi connectivity index (χ3v) is 2.54. The second kappa shape index (κ2) is 4.72. The van der Waals surface area contributed by atoms with Gasteiger partial charge in [0.05, 0.1) is 23.9 Å². The Morgan fingerprint density at radius 1 is 1.72 bits per heavy atom. The van der Waals surface area contributed by atoms with E-state index in [1.807, 2.05) is 6.92 Å². The maximum atomic E-state index is 11.2. The second-order valence-corrected chi connectivity index (χ2v) is 3.67. The number of fused-ring (bicyclic) bond motifs is 1. The highest BCUT2D eigenvalue weighted by molar-refractivity contribution is 5.84. The molecule has 0 saturated carbocycles. The molecule has 0 amide bonds. The second-order valence-electron chi connectivity index (χ2n) is 3.67. The van der Waals surface area contributed by atoms with Crippen molar-refractivity contribution in [3.8, 4) is 11.8 Å². The van der Waals surface area contributed by atoms with E-state index < -0.39 is 5.97 Å². The number of aromatic nitrogens is 2. The number of carbonyl (C=O) groups is 1. The Kier molecular flexibility index (Phi) is 3.11. The van der Waals surface area contributed by atoms with Crippen LogP contribution in [0.5, 0.6) is 5.75 Å². The Bertz CT molecular complexity index is 665. The number of nitriles is 1. The van der Waals surface area contributed by atoms with Crippen molar-refractivity contribution in [3.63, 3.8) is 0 Å². The van der Waals surface area contributed by atoms with E-state index in [0.717, 1.165) is 17.5 Å². The molecule has 0 bridgehead atoms. The highest BCUT2D eigenvalue weighted by Crippen LogP contribution is 2.22. The lowest BCUT2D eigenvalue weighted by Gasteiger charge is -2.03. The van der Waals surface area contributed by atoms with E-state index in [4.69, 9.17) is 10.00 Å². The van der Waals surface area contributed by atoms with E-state index in [2.05, 4.69) is 17.6 Å². The quantitative estimate of drug-likeness (QED) is 0.607. The third-order valence-electron chi connectivity index (χ3n) is 2.54. The van der Waals surface area contributed by atoms with Gasteiger partial charge < -0.3 is 4.74 Å². The van der Waals surface area contributed by atoms with Gasteiger partial charge in [-0.1, -0.05) is 6.58 Å². The van der Waals surface area contributed by atoms with Crippen LogP contribution in [0.1, 0.15) is 11.4 Å². The van der Waals surface area contributed by atoms with Gasteiger partial charge in [0.25, 0.3) is 0 Å². The summed E-state index contributed by atoms with van der Waals surface area (Å²) in [7, 11) is 0. The molecule has 0 fully saturated rings. The zero-order valence-electron chi connectivity index (χ0n) is 9.88. The predicted octanol–water partition coefficient (Wildman–Crippen LogP) is 1.80. The van der Waals surface area contributed by atoms with E-state index in [0.29, 0.717) is 11.4 Å². The first-order valence-corrected chi connectivity index (χ1v) is 5.35. The fraction of sp³-hybridized carbons (Fsp3) is 0.154. The largest absolute Gasteiger partial charge is 0.419 e. The Hall–Kier alpha value is -2.61. The molecule has 0 unspecified atom stereocenters. The number of esters is 1. The highest BCUT2D eigenvalue weighted by Gasteiger charge is 2.13. The molecule has 2 rings (SSSR count). The van der Waals surface area contributed by atoms with Crippen molar-refractivity contribution < 1.29 is 9.53 Å². The fourth-order valence-electron chi connectivity index (χ4n) is 1.72. The molecule has 0 aliphatic rings. The minimum absolute atomic E-state index is 0.256. The van der Waals surface area contributed by atoms with Crippen LogP contribution >= 0.6 is 0 Å². The molecule has 5 nitrogen and oxygen atoms in total. The number of ether oxygens (including phenoxy) is 1. The molecule has 2 aromatic heterocycles. The van der Waals surface area contributed by atoms with E-state index in [1.165, 1.54) is 0 Å². The summed E-state index contributed by atoms with van der Waals surface area (Å²) in [6.45, 7) is 5.16. The molecule has 2 heterocycles. The van der Waals surface area contributed by atoms with Gasteiger partial charge in [0.2, 0.25) is 0 Å². The topological polar surface area (TPSA) is 67.4 Å². The van der Waals surface area contributed by atoms with Crippen LogP contribution in [0.4, 0.5) is 0 Å². The first-order valence-electron chi connectivity index (χ1n) is 5.35. The van der Waals surface area contributed by atoms with Gasteiger partial charge in [-0.05, 0) is 19.1 Å². The van der Waals surface area contributed by atoms with E-state index >= 15 is 0 Å². The standard InChI is InChI=1S/C13H11N3O2/c1-3-12(17)18-11-5-4-8-16-10(6-7-14)9(2)15-13(11)16/h3-5,8H,1,6H2,2H3. The lowest BCUT2D eigenvalue weighted by Crippen LogP contribution is -2.04. The number of pyridine rings is 1. The van der Waals surface area contributed by atoms with Crippen LogP contribution in [0, 0.1) is 18.3 Å². The Labute approximate surface area is 104 Å². The van der Waals surface area contributed by atoms with E-state index in [1.54, 1.807) is 22.7 Å².